The van der Waals surface area contributed by atoms with Crippen molar-refractivity contribution in [1.29, 1.82) is 0 Å². The Morgan fingerprint density at radius 2 is 0.833 bits per heavy atom. The zero-order chi connectivity index (χ0) is 9.46. The average molecular weight is 170 g/mol. The zero-order valence-electron chi connectivity index (χ0n) is 8.91. The van der Waals surface area contributed by atoms with Gasteiger partial charge in [0.15, 0.2) is 0 Å². The second-order valence-electron chi connectivity index (χ2n) is 4.79. The number of hydrogen-bond acceptors (Lipinski definition) is 1. The summed E-state index contributed by atoms with van der Waals surface area (Å²) in [7, 11) is 0. The van der Waals surface area contributed by atoms with E-state index in [1.807, 2.05) is 0 Å². The molecule has 0 heterocycles. The van der Waals surface area contributed by atoms with Gasteiger partial charge in [-0.05, 0) is 29.6 Å². The van der Waals surface area contributed by atoms with Crippen molar-refractivity contribution in [2.45, 2.75) is 40.7 Å². The molecular formula is C11H22O. The Labute approximate surface area is 76.2 Å². The summed E-state index contributed by atoms with van der Waals surface area (Å²) in [6, 6.07) is 0. The SMILES string of the molecule is CC1[C@@H](C)[C@H](C)C(O)[C@@H](C)[C@H]1C. The van der Waals surface area contributed by atoms with E-state index < -0.39 is 0 Å². The maximum absolute atomic E-state index is 9.90. The minimum atomic E-state index is -0.0915. The van der Waals surface area contributed by atoms with Crippen molar-refractivity contribution < 1.29 is 5.11 Å². The third-order valence-electron chi connectivity index (χ3n) is 4.39. The Bertz CT molecular complexity index is 96.6. The lowest BCUT2D eigenvalue weighted by molar-refractivity contribution is -0.0516. The standard InChI is InChI=1S/C11H22O/c1-6-7(2)9(4)11(12)10(5)8(6)3/h6-12H,1-5H3/t6?,7-,8+,9-,10-,11?/m0/s1. The molecule has 2 unspecified atom stereocenters. The molecule has 0 bridgehead atoms. The van der Waals surface area contributed by atoms with Crippen LogP contribution >= 0.6 is 0 Å². The highest BCUT2D eigenvalue weighted by molar-refractivity contribution is 4.88. The molecule has 0 aromatic rings. The third kappa shape index (κ3) is 1.39. The Morgan fingerprint density at radius 1 is 0.583 bits per heavy atom. The summed E-state index contributed by atoms with van der Waals surface area (Å²) < 4.78 is 0. The molecule has 12 heavy (non-hydrogen) atoms. The van der Waals surface area contributed by atoms with Crippen LogP contribution < -0.4 is 0 Å². The molecule has 1 saturated carbocycles. The second kappa shape index (κ2) is 3.37. The number of aliphatic hydroxyl groups is 1. The monoisotopic (exact) mass is 170 g/mol. The molecule has 1 N–H and O–H groups in total. The summed E-state index contributed by atoms with van der Waals surface area (Å²) in [5.41, 5.74) is 0. The van der Waals surface area contributed by atoms with Crippen molar-refractivity contribution >= 4 is 0 Å². The molecule has 6 atom stereocenters. The largest absolute Gasteiger partial charge is 0.393 e. The topological polar surface area (TPSA) is 20.2 Å². The first-order valence-electron chi connectivity index (χ1n) is 5.14. The molecule has 1 aliphatic rings. The Morgan fingerprint density at radius 3 is 1.17 bits per heavy atom. The van der Waals surface area contributed by atoms with Crippen LogP contribution in [0.3, 0.4) is 0 Å². The third-order valence-corrected chi connectivity index (χ3v) is 4.39. The van der Waals surface area contributed by atoms with Crippen LogP contribution in [-0.2, 0) is 0 Å². The maximum Gasteiger partial charge on any atom is 0.0596 e. The summed E-state index contributed by atoms with van der Waals surface area (Å²) in [4.78, 5) is 0. The smallest absolute Gasteiger partial charge is 0.0596 e. The molecule has 72 valence electrons. The predicted molar refractivity (Wildman–Crippen MR) is 51.8 cm³/mol. The molecule has 0 spiro atoms. The first-order valence-corrected chi connectivity index (χ1v) is 5.14. The van der Waals surface area contributed by atoms with Crippen LogP contribution in [0.1, 0.15) is 34.6 Å². The highest BCUT2D eigenvalue weighted by Crippen LogP contribution is 2.41. The van der Waals surface area contributed by atoms with Gasteiger partial charge in [0.2, 0.25) is 0 Å². The van der Waals surface area contributed by atoms with E-state index >= 15 is 0 Å². The fourth-order valence-corrected chi connectivity index (χ4v) is 2.54. The van der Waals surface area contributed by atoms with E-state index in [0.29, 0.717) is 23.7 Å². The van der Waals surface area contributed by atoms with Crippen LogP contribution in [0, 0.1) is 29.6 Å². The molecule has 1 aliphatic carbocycles. The van der Waals surface area contributed by atoms with Gasteiger partial charge in [0, 0.05) is 0 Å². The van der Waals surface area contributed by atoms with Gasteiger partial charge in [-0.25, -0.2) is 0 Å². The second-order valence-corrected chi connectivity index (χ2v) is 4.79. The van der Waals surface area contributed by atoms with Crippen molar-refractivity contribution in [2.24, 2.45) is 29.6 Å². The normalized spacial score (nSPS) is 55.5. The van der Waals surface area contributed by atoms with Crippen LogP contribution in [0.15, 0.2) is 0 Å². The molecule has 1 heteroatoms. The fourth-order valence-electron chi connectivity index (χ4n) is 2.54. The molecular weight excluding hydrogens is 148 g/mol. The van der Waals surface area contributed by atoms with E-state index in [1.54, 1.807) is 0 Å². The lowest BCUT2D eigenvalue weighted by atomic mass is 9.63. The zero-order valence-corrected chi connectivity index (χ0v) is 8.91. The molecule has 0 aromatic carbocycles. The molecule has 1 nitrogen and oxygen atoms in total. The molecule has 0 radical (unpaired) electrons. The first-order chi connectivity index (χ1) is 5.46. The Hall–Kier alpha value is -0.0400. The lowest BCUT2D eigenvalue weighted by Crippen LogP contribution is -2.44. The van der Waals surface area contributed by atoms with E-state index in [-0.39, 0.29) is 6.10 Å². The van der Waals surface area contributed by atoms with Crippen molar-refractivity contribution in [3.8, 4) is 0 Å². The van der Waals surface area contributed by atoms with Crippen molar-refractivity contribution in [2.75, 3.05) is 0 Å². The summed E-state index contributed by atoms with van der Waals surface area (Å²) in [6.45, 7) is 11.2. The molecule has 1 rings (SSSR count). The van der Waals surface area contributed by atoms with E-state index in [9.17, 15) is 5.11 Å². The van der Waals surface area contributed by atoms with E-state index in [2.05, 4.69) is 34.6 Å². The van der Waals surface area contributed by atoms with Gasteiger partial charge in [-0.2, -0.15) is 0 Å². The minimum absolute atomic E-state index is 0.0915. The predicted octanol–water partition coefficient (Wildman–Crippen LogP) is 2.54. The Kier molecular flexibility index (Phi) is 2.82. The van der Waals surface area contributed by atoms with E-state index in [4.69, 9.17) is 0 Å². The van der Waals surface area contributed by atoms with Gasteiger partial charge in [-0.1, -0.05) is 34.6 Å². The number of rotatable bonds is 0. The van der Waals surface area contributed by atoms with Crippen molar-refractivity contribution in [1.82, 2.24) is 0 Å². The lowest BCUT2D eigenvalue weighted by Gasteiger charge is -2.44. The Balaban J connectivity index is 2.76. The van der Waals surface area contributed by atoms with Gasteiger partial charge >= 0.3 is 0 Å². The summed E-state index contributed by atoms with van der Waals surface area (Å²) in [5.74, 6) is 2.99. The molecule has 0 aliphatic heterocycles. The van der Waals surface area contributed by atoms with Crippen LogP contribution in [0.4, 0.5) is 0 Å². The van der Waals surface area contributed by atoms with Gasteiger partial charge in [-0.15, -0.1) is 0 Å². The van der Waals surface area contributed by atoms with Gasteiger partial charge in [0.1, 0.15) is 0 Å². The minimum Gasteiger partial charge on any atom is -0.393 e. The van der Waals surface area contributed by atoms with Crippen molar-refractivity contribution in [3.05, 3.63) is 0 Å². The maximum atomic E-state index is 9.90. The fraction of sp³-hybridized carbons (Fsp3) is 1.00. The summed E-state index contributed by atoms with van der Waals surface area (Å²) in [5, 5.41) is 9.90. The van der Waals surface area contributed by atoms with Gasteiger partial charge in [0.05, 0.1) is 6.10 Å². The van der Waals surface area contributed by atoms with Crippen LogP contribution in [-0.4, -0.2) is 11.2 Å². The molecule has 0 aromatic heterocycles. The van der Waals surface area contributed by atoms with Gasteiger partial charge in [0.25, 0.3) is 0 Å². The first kappa shape index (κ1) is 10.0. The summed E-state index contributed by atoms with van der Waals surface area (Å²) in [6.07, 6.45) is -0.0915. The van der Waals surface area contributed by atoms with Crippen LogP contribution in [0.5, 0.6) is 0 Å². The van der Waals surface area contributed by atoms with Gasteiger partial charge in [-0.3, -0.25) is 0 Å². The highest BCUT2D eigenvalue weighted by atomic mass is 16.3. The van der Waals surface area contributed by atoms with Crippen LogP contribution in [0.25, 0.3) is 0 Å². The van der Waals surface area contributed by atoms with Crippen LogP contribution in [0.2, 0.25) is 0 Å². The number of aliphatic hydroxyl groups excluding tert-OH is 1. The highest BCUT2D eigenvalue weighted by Gasteiger charge is 2.39. The van der Waals surface area contributed by atoms with Crippen molar-refractivity contribution in [3.63, 3.8) is 0 Å². The van der Waals surface area contributed by atoms with E-state index in [1.165, 1.54) is 0 Å². The molecule has 1 fully saturated rings. The number of hydrogen-bond donors (Lipinski definition) is 1. The molecule has 0 saturated heterocycles. The molecule has 0 amide bonds. The summed E-state index contributed by atoms with van der Waals surface area (Å²) >= 11 is 0. The quantitative estimate of drug-likeness (QED) is 0.592. The van der Waals surface area contributed by atoms with E-state index in [0.717, 1.165) is 5.92 Å². The van der Waals surface area contributed by atoms with Gasteiger partial charge < -0.3 is 5.11 Å². The average Bonchev–Trinajstić information content (AvgIpc) is 2.08.